The van der Waals surface area contributed by atoms with E-state index < -0.39 is 0 Å². The Morgan fingerprint density at radius 2 is 2.12 bits per heavy atom. The number of ether oxygens (including phenoxy) is 1. The quantitative estimate of drug-likeness (QED) is 0.786. The lowest BCUT2D eigenvalue weighted by Crippen LogP contribution is -2.20. The number of Topliss-reactive ketones (excluding diaryl/α,β-unsaturated/α-hetero) is 1. The molecule has 0 spiro atoms. The Balaban J connectivity index is 2.67. The smallest absolute Gasteiger partial charge is 0.244 e. The molecule has 16 heavy (non-hydrogen) atoms. The first kappa shape index (κ1) is 10.6. The SMILES string of the molecule is COC1=CC(=O)c2c(CO)cn(C)c2C1=O. The maximum Gasteiger partial charge on any atom is 0.244 e. The highest BCUT2D eigenvalue weighted by atomic mass is 16.5. The number of hydrogen-bond acceptors (Lipinski definition) is 4. The first-order valence-corrected chi connectivity index (χ1v) is 4.74. The molecule has 84 valence electrons. The van der Waals surface area contributed by atoms with Gasteiger partial charge in [-0.1, -0.05) is 0 Å². The van der Waals surface area contributed by atoms with Crippen molar-refractivity contribution in [3.63, 3.8) is 0 Å². The summed E-state index contributed by atoms with van der Waals surface area (Å²) in [6, 6.07) is 0. The Morgan fingerprint density at radius 1 is 1.44 bits per heavy atom. The summed E-state index contributed by atoms with van der Waals surface area (Å²) in [5, 5.41) is 9.11. The molecule has 0 fully saturated rings. The molecule has 1 aliphatic rings. The minimum absolute atomic E-state index is 0.0307. The lowest BCUT2D eigenvalue weighted by Gasteiger charge is -2.12. The fraction of sp³-hybridized carbons (Fsp3) is 0.273. The van der Waals surface area contributed by atoms with E-state index in [-0.39, 0.29) is 35.2 Å². The minimum atomic E-state index is -0.334. The van der Waals surface area contributed by atoms with Gasteiger partial charge in [-0.05, 0) is 0 Å². The van der Waals surface area contributed by atoms with Crippen LogP contribution in [0.5, 0.6) is 0 Å². The second-order valence-electron chi connectivity index (χ2n) is 3.55. The number of fused-ring (bicyclic) bond motifs is 1. The summed E-state index contributed by atoms with van der Waals surface area (Å²) < 4.78 is 6.38. The summed E-state index contributed by atoms with van der Waals surface area (Å²) in [6.45, 7) is -0.266. The molecule has 0 saturated carbocycles. The second kappa shape index (κ2) is 3.61. The van der Waals surface area contributed by atoms with Gasteiger partial charge in [0.25, 0.3) is 0 Å². The number of allylic oxidation sites excluding steroid dienone is 2. The topological polar surface area (TPSA) is 68.5 Å². The Morgan fingerprint density at radius 3 is 2.69 bits per heavy atom. The average molecular weight is 221 g/mol. The van der Waals surface area contributed by atoms with Crippen molar-refractivity contribution in [1.29, 1.82) is 0 Å². The van der Waals surface area contributed by atoms with Crippen LogP contribution in [0, 0.1) is 0 Å². The van der Waals surface area contributed by atoms with Gasteiger partial charge in [-0.25, -0.2) is 0 Å². The third kappa shape index (κ3) is 1.29. The Hall–Kier alpha value is -1.88. The van der Waals surface area contributed by atoms with Gasteiger partial charge >= 0.3 is 0 Å². The van der Waals surface area contributed by atoms with E-state index in [2.05, 4.69) is 0 Å². The van der Waals surface area contributed by atoms with Crippen molar-refractivity contribution < 1.29 is 19.4 Å². The summed E-state index contributed by atoms with van der Waals surface area (Å²) in [4.78, 5) is 23.7. The zero-order chi connectivity index (χ0) is 11.9. The zero-order valence-electron chi connectivity index (χ0n) is 8.98. The summed E-state index contributed by atoms with van der Waals surface area (Å²) in [5.41, 5.74) is 1.01. The zero-order valence-corrected chi connectivity index (χ0v) is 8.98. The van der Waals surface area contributed by atoms with Gasteiger partial charge < -0.3 is 14.4 Å². The molecule has 0 saturated heterocycles. The van der Waals surface area contributed by atoms with Crippen molar-refractivity contribution in [3.05, 3.63) is 34.9 Å². The van der Waals surface area contributed by atoms with Gasteiger partial charge in [0.05, 0.1) is 19.3 Å². The van der Waals surface area contributed by atoms with Gasteiger partial charge in [0.15, 0.2) is 11.5 Å². The Bertz CT molecular complexity index is 510. The molecule has 2 rings (SSSR count). The van der Waals surface area contributed by atoms with Gasteiger partial charge in [-0.3, -0.25) is 9.59 Å². The van der Waals surface area contributed by atoms with Crippen LogP contribution >= 0.6 is 0 Å². The molecule has 5 nitrogen and oxygen atoms in total. The van der Waals surface area contributed by atoms with Gasteiger partial charge in [0.2, 0.25) is 5.78 Å². The van der Waals surface area contributed by atoms with Gasteiger partial charge in [0.1, 0.15) is 5.69 Å². The van der Waals surface area contributed by atoms with E-state index in [4.69, 9.17) is 9.84 Å². The van der Waals surface area contributed by atoms with Crippen molar-refractivity contribution in [2.45, 2.75) is 6.61 Å². The molecule has 0 amide bonds. The number of aliphatic hydroxyl groups is 1. The van der Waals surface area contributed by atoms with Gasteiger partial charge in [-0.2, -0.15) is 0 Å². The normalized spacial score (nSPS) is 14.8. The molecule has 5 heteroatoms. The Kier molecular flexibility index (Phi) is 2.40. The Labute approximate surface area is 91.9 Å². The van der Waals surface area contributed by atoms with Crippen LogP contribution in [0.2, 0.25) is 0 Å². The highest BCUT2D eigenvalue weighted by molar-refractivity contribution is 6.23. The summed E-state index contributed by atoms with van der Waals surface area (Å²) in [6.07, 6.45) is 2.73. The molecule has 0 unspecified atom stereocenters. The van der Waals surface area contributed by atoms with Crippen LogP contribution in [0.1, 0.15) is 26.4 Å². The third-order valence-electron chi connectivity index (χ3n) is 2.60. The molecule has 1 heterocycles. The molecule has 1 aliphatic carbocycles. The maximum absolute atomic E-state index is 11.9. The number of aliphatic hydroxyl groups excluding tert-OH is 1. The van der Waals surface area contributed by atoms with E-state index in [0.29, 0.717) is 5.56 Å². The predicted octanol–water partition coefficient (Wildman–Crippen LogP) is 0.427. The van der Waals surface area contributed by atoms with Crippen LogP contribution in [0.3, 0.4) is 0 Å². The lowest BCUT2D eigenvalue weighted by molar-refractivity contribution is 0.0909. The predicted molar refractivity (Wildman–Crippen MR) is 55.1 cm³/mol. The van der Waals surface area contributed by atoms with E-state index in [9.17, 15) is 9.59 Å². The van der Waals surface area contributed by atoms with Crippen LogP contribution in [0.25, 0.3) is 0 Å². The highest BCUT2D eigenvalue weighted by Crippen LogP contribution is 2.25. The van der Waals surface area contributed by atoms with Crippen LogP contribution in [0.4, 0.5) is 0 Å². The van der Waals surface area contributed by atoms with Crippen molar-refractivity contribution in [2.24, 2.45) is 7.05 Å². The molecule has 1 aromatic heterocycles. The monoisotopic (exact) mass is 221 g/mol. The summed E-state index contributed by atoms with van der Waals surface area (Å²) >= 11 is 0. The molecule has 0 bridgehead atoms. The molecule has 1 N–H and O–H groups in total. The largest absolute Gasteiger partial charge is 0.492 e. The van der Waals surface area contributed by atoms with E-state index in [1.807, 2.05) is 0 Å². The van der Waals surface area contributed by atoms with Crippen molar-refractivity contribution in [3.8, 4) is 0 Å². The van der Waals surface area contributed by atoms with E-state index in [0.717, 1.165) is 6.08 Å². The molecule has 0 atom stereocenters. The number of rotatable bonds is 2. The van der Waals surface area contributed by atoms with Gasteiger partial charge in [-0.15, -0.1) is 0 Å². The lowest BCUT2D eigenvalue weighted by atomic mass is 9.97. The second-order valence-corrected chi connectivity index (χ2v) is 3.55. The van der Waals surface area contributed by atoms with Crippen LogP contribution in [-0.2, 0) is 18.4 Å². The minimum Gasteiger partial charge on any atom is -0.492 e. The van der Waals surface area contributed by atoms with Crippen LogP contribution < -0.4 is 0 Å². The summed E-state index contributed by atoms with van der Waals surface area (Å²) in [5.74, 6) is -0.612. The molecule has 1 aromatic rings. The fourth-order valence-electron chi connectivity index (χ4n) is 1.88. The fourth-order valence-corrected chi connectivity index (χ4v) is 1.88. The number of hydrogen-bond donors (Lipinski definition) is 1. The number of nitrogens with zero attached hydrogens (tertiary/aromatic N) is 1. The van der Waals surface area contributed by atoms with Crippen molar-refractivity contribution in [1.82, 2.24) is 4.57 Å². The number of carbonyl (C=O) groups is 2. The highest BCUT2D eigenvalue weighted by Gasteiger charge is 2.31. The number of aryl methyl sites for hydroxylation is 1. The number of carbonyl (C=O) groups excluding carboxylic acids is 2. The van der Waals surface area contributed by atoms with E-state index in [1.54, 1.807) is 13.2 Å². The van der Waals surface area contributed by atoms with Crippen LogP contribution in [0.15, 0.2) is 18.0 Å². The van der Waals surface area contributed by atoms with Gasteiger partial charge in [0, 0.05) is 24.9 Å². The number of methoxy groups -OCH3 is 1. The first-order valence-electron chi connectivity index (χ1n) is 4.74. The van der Waals surface area contributed by atoms with Crippen molar-refractivity contribution in [2.75, 3.05) is 7.11 Å². The number of aromatic nitrogens is 1. The summed E-state index contributed by atoms with van der Waals surface area (Å²) in [7, 11) is 3.00. The molecule has 0 aromatic carbocycles. The van der Waals surface area contributed by atoms with Crippen LogP contribution in [-0.4, -0.2) is 28.3 Å². The first-order chi connectivity index (χ1) is 7.60. The standard InChI is InChI=1S/C11H11NO4/c1-12-4-6(5-13)9-7(14)3-8(16-2)11(15)10(9)12/h3-4,13H,5H2,1-2H3. The molecular weight excluding hydrogens is 210 g/mol. The third-order valence-corrected chi connectivity index (χ3v) is 2.60. The average Bonchev–Trinajstić information content (AvgIpc) is 2.61. The molecule has 0 radical (unpaired) electrons. The van der Waals surface area contributed by atoms with E-state index >= 15 is 0 Å². The van der Waals surface area contributed by atoms with E-state index in [1.165, 1.54) is 11.7 Å². The van der Waals surface area contributed by atoms with Crippen molar-refractivity contribution >= 4 is 11.6 Å². The molecule has 0 aliphatic heterocycles. The maximum atomic E-state index is 11.9. The number of ketones is 2. The molecular formula is C11H11NO4.